The van der Waals surface area contributed by atoms with Gasteiger partial charge in [-0.3, -0.25) is 4.79 Å². The number of ether oxygens (including phenoxy) is 1. The Morgan fingerprint density at radius 1 is 1.53 bits per heavy atom. The first-order valence-electron chi connectivity index (χ1n) is 5.12. The van der Waals surface area contributed by atoms with Crippen LogP contribution in [0.4, 0.5) is 0 Å². The Kier molecular flexibility index (Phi) is 2.73. The van der Waals surface area contributed by atoms with Crippen molar-refractivity contribution in [3.8, 4) is 0 Å². The quantitative estimate of drug-likeness (QED) is 0.805. The van der Waals surface area contributed by atoms with Crippen LogP contribution in [-0.4, -0.2) is 17.7 Å². The van der Waals surface area contributed by atoms with Gasteiger partial charge in [0.2, 0.25) is 0 Å². The van der Waals surface area contributed by atoms with Crippen molar-refractivity contribution in [1.29, 1.82) is 0 Å². The van der Waals surface area contributed by atoms with Crippen molar-refractivity contribution in [3.63, 3.8) is 0 Å². The molecule has 15 heavy (non-hydrogen) atoms. The Bertz CT molecular complexity index is 373. The molecule has 0 amide bonds. The molecule has 0 fully saturated rings. The summed E-state index contributed by atoms with van der Waals surface area (Å²) in [4.78, 5) is 10.9. The maximum Gasteiger partial charge on any atom is 0.309 e. The van der Waals surface area contributed by atoms with E-state index in [1.807, 2.05) is 24.3 Å². The van der Waals surface area contributed by atoms with Gasteiger partial charge in [-0.25, -0.2) is 0 Å². The molecular formula is C12H14O3. The first-order valence-corrected chi connectivity index (χ1v) is 5.12. The first kappa shape index (κ1) is 10.2. The van der Waals surface area contributed by atoms with Crippen LogP contribution in [0.2, 0.25) is 0 Å². The van der Waals surface area contributed by atoms with Crippen LogP contribution in [0.25, 0.3) is 0 Å². The Morgan fingerprint density at radius 3 is 3.00 bits per heavy atom. The van der Waals surface area contributed by atoms with E-state index in [0.29, 0.717) is 6.61 Å². The number of benzene rings is 1. The fraction of sp³-hybridized carbons (Fsp3) is 0.417. The average molecular weight is 206 g/mol. The van der Waals surface area contributed by atoms with Gasteiger partial charge < -0.3 is 9.84 Å². The number of aliphatic carboxylic acids is 1. The summed E-state index contributed by atoms with van der Waals surface area (Å²) in [5, 5.41) is 8.98. The van der Waals surface area contributed by atoms with Crippen molar-refractivity contribution in [2.24, 2.45) is 5.92 Å². The molecule has 1 N–H and O–H groups in total. The smallest absolute Gasteiger partial charge is 0.309 e. The summed E-state index contributed by atoms with van der Waals surface area (Å²) in [6, 6.07) is 7.90. The molecule has 0 bridgehead atoms. The van der Waals surface area contributed by atoms with Crippen LogP contribution in [0.3, 0.4) is 0 Å². The highest BCUT2D eigenvalue weighted by Crippen LogP contribution is 2.32. The maximum absolute atomic E-state index is 10.9. The van der Waals surface area contributed by atoms with Crippen molar-refractivity contribution >= 4 is 5.97 Å². The maximum atomic E-state index is 10.9. The molecule has 1 aromatic carbocycles. The number of carboxylic acids is 1. The zero-order valence-corrected chi connectivity index (χ0v) is 8.64. The molecule has 1 aliphatic rings. The molecular weight excluding hydrogens is 192 g/mol. The van der Waals surface area contributed by atoms with E-state index in [-0.39, 0.29) is 6.10 Å². The zero-order valence-electron chi connectivity index (χ0n) is 8.64. The number of fused-ring (bicyclic) bond motifs is 1. The Hall–Kier alpha value is -1.35. The molecule has 2 atom stereocenters. The molecule has 1 aromatic rings. The number of hydrogen-bond donors (Lipinski definition) is 1. The molecule has 3 nitrogen and oxygen atoms in total. The van der Waals surface area contributed by atoms with Gasteiger partial charge in [-0.2, -0.15) is 0 Å². The molecule has 0 radical (unpaired) electrons. The van der Waals surface area contributed by atoms with Crippen LogP contribution in [0.15, 0.2) is 24.3 Å². The minimum Gasteiger partial charge on any atom is -0.481 e. The standard InChI is InChI=1S/C12H14O3/c1-8(12(13)14)11-10-5-3-2-4-9(10)6-7-15-11/h2-5,8,11H,6-7H2,1H3,(H,13,14)/t8-,11?/m0/s1. The highest BCUT2D eigenvalue weighted by atomic mass is 16.5. The second-order valence-corrected chi connectivity index (χ2v) is 3.87. The Balaban J connectivity index is 2.33. The van der Waals surface area contributed by atoms with Gasteiger partial charge in [0.25, 0.3) is 0 Å². The van der Waals surface area contributed by atoms with Gasteiger partial charge in [-0.1, -0.05) is 24.3 Å². The van der Waals surface area contributed by atoms with Crippen molar-refractivity contribution in [2.45, 2.75) is 19.4 Å². The number of rotatable bonds is 2. The zero-order chi connectivity index (χ0) is 10.8. The predicted octanol–water partition coefficient (Wildman–Crippen LogP) is 2.02. The van der Waals surface area contributed by atoms with E-state index in [9.17, 15) is 4.79 Å². The molecule has 0 saturated heterocycles. The summed E-state index contributed by atoms with van der Waals surface area (Å²) in [6.07, 6.45) is 0.575. The Morgan fingerprint density at radius 2 is 2.27 bits per heavy atom. The molecule has 0 aliphatic carbocycles. The first-order chi connectivity index (χ1) is 7.20. The summed E-state index contributed by atoms with van der Waals surface area (Å²) in [6.45, 7) is 2.30. The third-order valence-electron chi connectivity index (χ3n) is 2.87. The summed E-state index contributed by atoms with van der Waals surface area (Å²) in [5.74, 6) is -1.30. The third kappa shape index (κ3) is 1.88. The second kappa shape index (κ2) is 4.03. The lowest BCUT2D eigenvalue weighted by Crippen LogP contribution is -2.26. The van der Waals surface area contributed by atoms with Gasteiger partial charge in [0.05, 0.1) is 18.6 Å². The summed E-state index contributed by atoms with van der Waals surface area (Å²) >= 11 is 0. The molecule has 3 heteroatoms. The normalized spacial score (nSPS) is 21.8. The van der Waals surface area contributed by atoms with Crippen LogP contribution >= 0.6 is 0 Å². The minimum absolute atomic E-state index is 0.299. The third-order valence-corrected chi connectivity index (χ3v) is 2.87. The lowest BCUT2D eigenvalue weighted by atomic mass is 9.90. The Labute approximate surface area is 88.7 Å². The van der Waals surface area contributed by atoms with Gasteiger partial charge in [-0.05, 0) is 24.5 Å². The van der Waals surface area contributed by atoms with E-state index in [2.05, 4.69) is 0 Å². The van der Waals surface area contributed by atoms with Gasteiger partial charge in [0.15, 0.2) is 0 Å². The number of hydrogen-bond acceptors (Lipinski definition) is 2. The molecule has 2 rings (SSSR count). The monoisotopic (exact) mass is 206 g/mol. The van der Waals surface area contributed by atoms with Gasteiger partial charge in [-0.15, -0.1) is 0 Å². The van der Waals surface area contributed by atoms with Crippen molar-refractivity contribution in [1.82, 2.24) is 0 Å². The van der Waals surface area contributed by atoms with Crippen LogP contribution in [-0.2, 0) is 16.0 Å². The second-order valence-electron chi connectivity index (χ2n) is 3.87. The molecule has 0 saturated carbocycles. The fourth-order valence-corrected chi connectivity index (χ4v) is 1.97. The lowest BCUT2D eigenvalue weighted by Gasteiger charge is -2.28. The van der Waals surface area contributed by atoms with Crippen molar-refractivity contribution < 1.29 is 14.6 Å². The molecule has 1 aliphatic heterocycles. The van der Waals surface area contributed by atoms with Crippen LogP contribution in [0, 0.1) is 5.92 Å². The largest absolute Gasteiger partial charge is 0.481 e. The molecule has 1 unspecified atom stereocenters. The molecule has 80 valence electrons. The van der Waals surface area contributed by atoms with E-state index >= 15 is 0 Å². The number of carbonyl (C=O) groups is 1. The van der Waals surface area contributed by atoms with Gasteiger partial charge in [0, 0.05) is 0 Å². The van der Waals surface area contributed by atoms with E-state index in [0.717, 1.165) is 12.0 Å². The highest BCUT2D eigenvalue weighted by molar-refractivity contribution is 5.70. The SMILES string of the molecule is C[C@H](C(=O)O)C1OCCc2ccccc21. The predicted molar refractivity (Wildman–Crippen MR) is 55.6 cm³/mol. The number of carboxylic acid groups (broad SMARTS) is 1. The van der Waals surface area contributed by atoms with E-state index in [4.69, 9.17) is 9.84 Å². The molecule has 1 heterocycles. The summed E-state index contributed by atoms with van der Waals surface area (Å²) in [5.41, 5.74) is 2.24. The van der Waals surface area contributed by atoms with Crippen molar-refractivity contribution in [3.05, 3.63) is 35.4 Å². The van der Waals surface area contributed by atoms with E-state index in [1.54, 1.807) is 6.92 Å². The minimum atomic E-state index is -0.809. The van der Waals surface area contributed by atoms with Crippen LogP contribution in [0.1, 0.15) is 24.2 Å². The van der Waals surface area contributed by atoms with Gasteiger partial charge in [0.1, 0.15) is 0 Å². The summed E-state index contributed by atoms with van der Waals surface area (Å²) in [7, 11) is 0. The van der Waals surface area contributed by atoms with E-state index < -0.39 is 11.9 Å². The fourth-order valence-electron chi connectivity index (χ4n) is 1.97. The molecule has 0 aromatic heterocycles. The van der Waals surface area contributed by atoms with Crippen molar-refractivity contribution in [2.75, 3.05) is 6.61 Å². The van der Waals surface area contributed by atoms with Gasteiger partial charge >= 0.3 is 5.97 Å². The highest BCUT2D eigenvalue weighted by Gasteiger charge is 2.29. The molecule has 0 spiro atoms. The topological polar surface area (TPSA) is 46.5 Å². The average Bonchev–Trinajstić information content (AvgIpc) is 2.27. The lowest BCUT2D eigenvalue weighted by molar-refractivity contribution is -0.147. The van der Waals surface area contributed by atoms with Crippen LogP contribution < -0.4 is 0 Å². The van der Waals surface area contributed by atoms with Crippen LogP contribution in [0.5, 0.6) is 0 Å². The van der Waals surface area contributed by atoms with E-state index in [1.165, 1.54) is 5.56 Å². The summed E-state index contributed by atoms with van der Waals surface area (Å²) < 4.78 is 5.55.